The van der Waals surface area contributed by atoms with Crippen LogP contribution in [0.1, 0.15) is 36.5 Å². The monoisotopic (exact) mass is 247 g/mol. The second-order valence-corrected chi connectivity index (χ2v) is 5.59. The van der Waals surface area contributed by atoms with Crippen molar-refractivity contribution >= 4 is 0 Å². The van der Waals surface area contributed by atoms with E-state index in [1.165, 1.54) is 29.5 Å². The Morgan fingerprint density at radius 2 is 2.11 bits per heavy atom. The fourth-order valence-electron chi connectivity index (χ4n) is 2.81. The van der Waals surface area contributed by atoms with Crippen molar-refractivity contribution < 1.29 is 4.74 Å². The van der Waals surface area contributed by atoms with Gasteiger partial charge in [0.05, 0.1) is 12.2 Å². The lowest BCUT2D eigenvalue weighted by Crippen LogP contribution is -2.39. The van der Waals surface area contributed by atoms with Crippen LogP contribution in [0, 0.1) is 13.8 Å². The third-order valence-electron chi connectivity index (χ3n) is 4.03. The molecule has 3 unspecified atom stereocenters. The first kappa shape index (κ1) is 13.6. The van der Waals surface area contributed by atoms with E-state index in [1.807, 2.05) is 7.05 Å². The van der Waals surface area contributed by atoms with Gasteiger partial charge in [-0.25, -0.2) is 0 Å². The van der Waals surface area contributed by atoms with E-state index in [1.54, 1.807) is 0 Å². The molecule has 0 amide bonds. The number of hydrogen-bond acceptors (Lipinski definition) is 2. The highest BCUT2D eigenvalue weighted by atomic mass is 16.5. The highest BCUT2D eigenvalue weighted by Crippen LogP contribution is 2.24. The Labute approximate surface area is 111 Å². The van der Waals surface area contributed by atoms with E-state index in [9.17, 15) is 0 Å². The predicted molar refractivity (Wildman–Crippen MR) is 76.0 cm³/mol. The molecule has 100 valence electrons. The number of ether oxygens (including phenoxy) is 1. The Hall–Kier alpha value is -0.860. The molecule has 1 aromatic carbocycles. The zero-order chi connectivity index (χ0) is 13.1. The highest BCUT2D eigenvalue weighted by molar-refractivity contribution is 5.31. The third kappa shape index (κ3) is 3.12. The molecule has 0 saturated carbocycles. The molecule has 3 atom stereocenters. The van der Waals surface area contributed by atoms with Crippen LogP contribution in [0.15, 0.2) is 18.2 Å². The molecule has 0 bridgehead atoms. The van der Waals surface area contributed by atoms with Crippen LogP contribution in [-0.2, 0) is 11.2 Å². The summed E-state index contributed by atoms with van der Waals surface area (Å²) in [6.45, 7) is 6.52. The SMILES string of the molecule is CNC(Cc1cc(C)ccc1C)C1CCC(C)O1. The van der Waals surface area contributed by atoms with Crippen molar-refractivity contribution in [2.24, 2.45) is 0 Å². The number of nitrogens with one attached hydrogen (secondary N) is 1. The number of aryl methyl sites for hydroxylation is 2. The minimum atomic E-state index is 0.366. The Morgan fingerprint density at radius 1 is 1.33 bits per heavy atom. The molecular formula is C16H25NO. The summed E-state index contributed by atoms with van der Waals surface area (Å²) in [7, 11) is 2.04. The average molecular weight is 247 g/mol. The first-order valence-corrected chi connectivity index (χ1v) is 6.99. The Balaban J connectivity index is 2.08. The predicted octanol–water partition coefficient (Wildman–Crippen LogP) is 3.00. The summed E-state index contributed by atoms with van der Waals surface area (Å²) in [6, 6.07) is 7.13. The summed E-state index contributed by atoms with van der Waals surface area (Å²) in [4.78, 5) is 0. The molecule has 1 fully saturated rings. The average Bonchev–Trinajstić information content (AvgIpc) is 2.77. The van der Waals surface area contributed by atoms with Crippen molar-refractivity contribution in [2.75, 3.05) is 7.05 Å². The fraction of sp³-hybridized carbons (Fsp3) is 0.625. The molecule has 0 aromatic heterocycles. The molecular weight excluding hydrogens is 222 g/mol. The molecule has 1 aromatic rings. The summed E-state index contributed by atoms with van der Waals surface area (Å²) in [5.74, 6) is 0. The molecule has 0 radical (unpaired) electrons. The van der Waals surface area contributed by atoms with Gasteiger partial charge in [0, 0.05) is 6.04 Å². The van der Waals surface area contributed by atoms with E-state index < -0.39 is 0 Å². The maximum Gasteiger partial charge on any atom is 0.0735 e. The minimum absolute atomic E-state index is 0.366. The van der Waals surface area contributed by atoms with Crippen molar-refractivity contribution in [3.63, 3.8) is 0 Å². The molecule has 1 aliphatic heterocycles. The van der Waals surface area contributed by atoms with E-state index in [-0.39, 0.29) is 0 Å². The Kier molecular flexibility index (Phi) is 4.41. The van der Waals surface area contributed by atoms with Crippen molar-refractivity contribution in [1.29, 1.82) is 0 Å². The highest BCUT2D eigenvalue weighted by Gasteiger charge is 2.28. The maximum atomic E-state index is 5.99. The van der Waals surface area contributed by atoms with Gasteiger partial charge < -0.3 is 10.1 Å². The minimum Gasteiger partial charge on any atom is -0.374 e. The Morgan fingerprint density at radius 3 is 2.72 bits per heavy atom. The lowest BCUT2D eigenvalue weighted by Gasteiger charge is -2.24. The van der Waals surface area contributed by atoms with Crippen LogP contribution in [0.4, 0.5) is 0 Å². The van der Waals surface area contributed by atoms with Crippen LogP contribution in [0.2, 0.25) is 0 Å². The van der Waals surface area contributed by atoms with E-state index in [4.69, 9.17) is 4.74 Å². The van der Waals surface area contributed by atoms with Crippen LogP contribution in [-0.4, -0.2) is 25.3 Å². The molecule has 1 heterocycles. The Bertz CT molecular complexity index is 402. The fourth-order valence-corrected chi connectivity index (χ4v) is 2.81. The quantitative estimate of drug-likeness (QED) is 0.883. The molecule has 2 heteroatoms. The summed E-state index contributed by atoms with van der Waals surface area (Å²) in [5, 5.41) is 3.43. The standard InChI is InChI=1S/C16H25NO/c1-11-5-6-12(2)14(9-11)10-15(17-4)16-8-7-13(3)18-16/h5-6,9,13,15-17H,7-8,10H2,1-4H3. The van der Waals surface area contributed by atoms with Crippen LogP contribution in [0.5, 0.6) is 0 Å². The van der Waals surface area contributed by atoms with Gasteiger partial charge in [-0.1, -0.05) is 23.8 Å². The smallest absolute Gasteiger partial charge is 0.0735 e. The lowest BCUT2D eigenvalue weighted by atomic mass is 9.95. The van der Waals surface area contributed by atoms with E-state index in [2.05, 4.69) is 44.3 Å². The van der Waals surface area contributed by atoms with Gasteiger partial charge in [-0.2, -0.15) is 0 Å². The van der Waals surface area contributed by atoms with Gasteiger partial charge in [0.15, 0.2) is 0 Å². The van der Waals surface area contributed by atoms with Crippen molar-refractivity contribution in [1.82, 2.24) is 5.32 Å². The normalized spacial score (nSPS) is 25.3. The maximum absolute atomic E-state index is 5.99. The van der Waals surface area contributed by atoms with E-state index >= 15 is 0 Å². The molecule has 1 N–H and O–H groups in total. The van der Waals surface area contributed by atoms with E-state index in [0.29, 0.717) is 18.2 Å². The molecule has 18 heavy (non-hydrogen) atoms. The number of rotatable bonds is 4. The van der Waals surface area contributed by atoms with Crippen molar-refractivity contribution in [2.45, 2.75) is 58.3 Å². The van der Waals surface area contributed by atoms with Gasteiger partial charge >= 0.3 is 0 Å². The molecule has 0 aliphatic carbocycles. The molecule has 2 nitrogen and oxygen atoms in total. The van der Waals surface area contributed by atoms with Crippen LogP contribution >= 0.6 is 0 Å². The van der Waals surface area contributed by atoms with Crippen molar-refractivity contribution in [3.8, 4) is 0 Å². The first-order chi connectivity index (χ1) is 8.60. The van der Waals surface area contributed by atoms with E-state index in [0.717, 1.165) is 6.42 Å². The lowest BCUT2D eigenvalue weighted by molar-refractivity contribution is 0.0337. The summed E-state index contributed by atoms with van der Waals surface area (Å²) < 4.78 is 5.99. The largest absolute Gasteiger partial charge is 0.374 e. The third-order valence-corrected chi connectivity index (χ3v) is 4.03. The van der Waals surface area contributed by atoms with Gasteiger partial charge in [0.2, 0.25) is 0 Å². The van der Waals surface area contributed by atoms with Crippen molar-refractivity contribution in [3.05, 3.63) is 34.9 Å². The molecule has 1 aliphatic rings. The summed E-state index contributed by atoms with van der Waals surface area (Å²) in [5.41, 5.74) is 4.16. The molecule has 1 saturated heterocycles. The second-order valence-electron chi connectivity index (χ2n) is 5.59. The van der Waals surface area contributed by atoms with Gasteiger partial charge in [0.25, 0.3) is 0 Å². The van der Waals surface area contributed by atoms with Crippen LogP contribution in [0.25, 0.3) is 0 Å². The molecule has 0 spiro atoms. The summed E-state index contributed by atoms with van der Waals surface area (Å²) >= 11 is 0. The zero-order valence-electron chi connectivity index (χ0n) is 12.0. The number of likely N-dealkylation sites (N-methyl/N-ethyl adjacent to an activating group) is 1. The summed E-state index contributed by atoms with van der Waals surface area (Å²) in [6.07, 6.45) is 4.21. The van der Waals surface area contributed by atoms with Gasteiger partial charge in [0.1, 0.15) is 0 Å². The van der Waals surface area contributed by atoms with Crippen LogP contribution < -0.4 is 5.32 Å². The van der Waals surface area contributed by atoms with Gasteiger partial charge in [-0.05, 0) is 58.2 Å². The van der Waals surface area contributed by atoms with Gasteiger partial charge in [-0.3, -0.25) is 0 Å². The van der Waals surface area contributed by atoms with Gasteiger partial charge in [-0.15, -0.1) is 0 Å². The molecule has 2 rings (SSSR count). The number of benzene rings is 1. The number of hydrogen-bond donors (Lipinski definition) is 1. The second kappa shape index (κ2) is 5.85. The van der Waals surface area contributed by atoms with Crippen LogP contribution in [0.3, 0.4) is 0 Å². The first-order valence-electron chi connectivity index (χ1n) is 6.99. The zero-order valence-corrected chi connectivity index (χ0v) is 12.0. The topological polar surface area (TPSA) is 21.3 Å².